The van der Waals surface area contributed by atoms with E-state index in [1.54, 1.807) is 0 Å². The fourth-order valence-corrected chi connectivity index (χ4v) is 4.98. The zero-order valence-corrected chi connectivity index (χ0v) is 19.5. The molecule has 1 saturated carbocycles. The van der Waals surface area contributed by atoms with Crippen LogP contribution >= 0.6 is 0 Å². The van der Waals surface area contributed by atoms with Crippen LogP contribution in [0.2, 0.25) is 0 Å². The summed E-state index contributed by atoms with van der Waals surface area (Å²) in [6, 6.07) is 8.56. The Bertz CT molecular complexity index is 1290. The van der Waals surface area contributed by atoms with Gasteiger partial charge in [-0.25, -0.2) is 9.97 Å². The van der Waals surface area contributed by atoms with Gasteiger partial charge in [-0.05, 0) is 36.8 Å². The number of benzene rings is 1. The van der Waals surface area contributed by atoms with Crippen molar-refractivity contribution < 1.29 is 9.53 Å². The van der Waals surface area contributed by atoms with Crippen LogP contribution in [0.4, 0.5) is 0 Å². The van der Waals surface area contributed by atoms with Gasteiger partial charge in [0.1, 0.15) is 16.9 Å². The van der Waals surface area contributed by atoms with E-state index >= 15 is 0 Å². The van der Waals surface area contributed by atoms with E-state index in [9.17, 15) is 4.79 Å². The monoisotopic (exact) mass is 432 g/mol. The molecule has 1 aliphatic rings. The van der Waals surface area contributed by atoms with Crippen LogP contribution in [0.25, 0.3) is 27.7 Å². The van der Waals surface area contributed by atoms with E-state index < -0.39 is 0 Å². The van der Waals surface area contributed by atoms with E-state index in [0.717, 1.165) is 52.8 Å². The summed E-state index contributed by atoms with van der Waals surface area (Å²) in [5.41, 5.74) is 3.69. The van der Waals surface area contributed by atoms with Gasteiger partial charge in [0.25, 0.3) is 0 Å². The standard InChI is InChI=1S/C26H32N4O2/c1-16(2)13-22-28-25-24(26-27-19-11-7-8-12-20(19)30(22)26)21(32-23(31)14-17(3)4)15-29(25)18-9-5-6-10-18/h7-8,11-12,15-18H,5-6,9-10,13-14H2,1-4H3. The van der Waals surface area contributed by atoms with Gasteiger partial charge >= 0.3 is 5.97 Å². The summed E-state index contributed by atoms with van der Waals surface area (Å²) >= 11 is 0. The maximum Gasteiger partial charge on any atom is 0.311 e. The zero-order valence-electron chi connectivity index (χ0n) is 19.5. The molecule has 3 heterocycles. The second-order valence-corrected chi connectivity index (χ2v) is 10.00. The Morgan fingerprint density at radius 2 is 1.81 bits per heavy atom. The number of hydrogen-bond donors (Lipinski definition) is 0. The van der Waals surface area contributed by atoms with Crippen LogP contribution in [0.15, 0.2) is 30.5 Å². The number of aromatic nitrogens is 4. The second-order valence-electron chi connectivity index (χ2n) is 10.00. The summed E-state index contributed by atoms with van der Waals surface area (Å²) in [4.78, 5) is 22.8. The van der Waals surface area contributed by atoms with Crippen molar-refractivity contribution in [2.75, 3.05) is 0 Å². The van der Waals surface area contributed by atoms with Crippen LogP contribution in [0.3, 0.4) is 0 Å². The molecule has 0 amide bonds. The fraction of sp³-hybridized carbons (Fsp3) is 0.500. The molecule has 1 aliphatic carbocycles. The summed E-state index contributed by atoms with van der Waals surface area (Å²) in [5, 5.41) is 0.845. The number of para-hydroxylation sites is 2. The first-order chi connectivity index (χ1) is 15.4. The van der Waals surface area contributed by atoms with E-state index in [4.69, 9.17) is 14.7 Å². The van der Waals surface area contributed by atoms with Gasteiger partial charge in [0.15, 0.2) is 11.4 Å². The Hall–Kier alpha value is -2.89. The Balaban J connectivity index is 1.80. The highest BCUT2D eigenvalue weighted by atomic mass is 16.5. The molecule has 6 heteroatoms. The topological polar surface area (TPSA) is 61.4 Å². The summed E-state index contributed by atoms with van der Waals surface area (Å²) in [5.74, 6) is 2.10. The Morgan fingerprint density at radius 3 is 2.53 bits per heavy atom. The molecular formula is C26H32N4O2. The lowest BCUT2D eigenvalue weighted by Crippen LogP contribution is -2.11. The van der Waals surface area contributed by atoms with Crippen molar-refractivity contribution in [3.05, 3.63) is 36.3 Å². The third-order valence-electron chi connectivity index (χ3n) is 6.36. The van der Waals surface area contributed by atoms with Crippen LogP contribution in [-0.2, 0) is 11.2 Å². The first-order valence-corrected chi connectivity index (χ1v) is 11.9. The highest BCUT2D eigenvalue weighted by Gasteiger charge is 2.27. The van der Waals surface area contributed by atoms with Crippen LogP contribution < -0.4 is 4.74 Å². The van der Waals surface area contributed by atoms with Gasteiger partial charge in [-0.3, -0.25) is 9.20 Å². The Morgan fingerprint density at radius 1 is 1.06 bits per heavy atom. The quantitative estimate of drug-likeness (QED) is 0.345. The summed E-state index contributed by atoms with van der Waals surface area (Å²) in [6.07, 6.45) is 7.96. The molecule has 0 N–H and O–H groups in total. The number of imidazole rings is 1. The van der Waals surface area contributed by atoms with Gasteiger partial charge < -0.3 is 9.30 Å². The van der Waals surface area contributed by atoms with Crippen molar-refractivity contribution in [3.63, 3.8) is 0 Å². The molecular weight excluding hydrogens is 400 g/mol. The van der Waals surface area contributed by atoms with E-state index in [1.807, 2.05) is 38.2 Å². The van der Waals surface area contributed by atoms with Gasteiger partial charge in [0.05, 0.1) is 11.0 Å². The highest BCUT2D eigenvalue weighted by molar-refractivity contribution is 6.01. The average molecular weight is 433 g/mol. The van der Waals surface area contributed by atoms with E-state index in [2.05, 4.69) is 28.9 Å². The molecule has 1 aromatic carbocycles. The van der Waals surface area contributed by atoms with Gasteiger partial charge in [0, 0.05) is 25.1 Å². The molecule has 32 heavy (non-hydrogen) atoms. The number of ether oxygens (including phenoxy) is 1. The van der Waals surface area contributed by atoms with Crippen molar-refractivity contribution >= 4 is 33.7 Å². The van der Waals surface area contributed by atoms with E-state index in [0.29, 0.717) is 24.1 Å². The number of carbonyl (C=O) groups excluding carboxylic acids is 1. The smallest absolute Gasteiger partial charge is 0.311 e. The average Bonchev–Trinajstić information content (AvgIpc) is 3.43. The molecule has 0 spiro atoms. The minimum atomic E-state index is -0.203. The predicted molar refractivity (Wildman–Crippen MR) is 127 cm³/mol. The van der Waals surface area contributed by atoms with Crippen molar-refractivity contribution in [1.82, 2.24) is 18.9 Å². The number of fused-ring (bicyclic) bond motifs is 5. The first kappa shape index (κ1) is 21.0. The van der Waals surface area contributed by atoms with E-state index in [-0.39, 0.29) is 11.9 Å². The SMILES string of the molecule is CC(C)CC(=O)Oc1cn(C2CCCC2)c2nc(CC(C)C)n3c4ccccc4nc3c12. The summed E-state index contributed by atoms with van der Waals surface area (Å²) in [7, 11) is 0. The largest absolute Gasteiger partial charge is 0.424 e. The maximum atomic E-state index is 12.6. The van der Waals surface area contributed by atoms with Crippen molar-refractivity contribution in [2.24, 2.45) is 11.8 Å². The number of rotatable bonds is 6. The van der Waals surface area contributed by atoms with Gasteiger partial charge in [0.2, 0.25) is 0 Å². The molecule has 0 atom stereocenters. The zero-order chi connectivity index (χ0) is 22.4. The predicted octanol–water partition coefficient (Wildman–Crippen LogP) is 6.10. The molecule has 4 aromatic rings. The fourth-order valence-electron chi connectivity index (χ4n) is 4.98. The maximum absolute atomic E-state index is 12.6. The minimum absolute atomic E-state index is 0.203. The van der Waals surface area contributed by atoms with Gasteiger partial charge in [-0.2, -0.15) is 0 Å². The Labute approximate surface area is 188 Å². The van der Waals surface area contributed by atoms with Crippen molar-refractivity contribution in [3.8, 4) is 5.75 Å². The first-order valence-electron chi connectivity index (χ1n) is 11.9. The second kappa shape index (κ2) is 8.23. The molecule has 3 aromatic heterocycles. The van der Waals surface area contributed by atoms with Crippen molar-refractivity contribution in [2.45, 2.75) is 72.3 Å². The normalized spacial score (nSPS) is 15.2. The van der Waals surface area contributed by atoms with Crippen LogP contribution in [0.5, 0.6) is 5.75 Å². The lowest BCUT2D eigenvalue weighted by Gasteiger charge is -2.14. The minimum Gasteiger partial charge on any atom is -0.424 e. The van der Waals surface area contributed by atoms with E-state index in [1.165, 1.54) is 12.8 Å². The number of carbonyl (C=O) groups is 1. The third-order valence-corrected chi connectivity index (χ3v) is 6.36. The van der Waals surface area contributed by atoms with Crippen LogP contribution in [0.1, 0.15) is 71.7 Å². The highest BCUT2D eigenvalue weighted by Crippen LogP contribution is 2.39. The number of nitrogens with zero attached hydrogens (tertiary/aromatic N) is 4. The molecule has 5 rings (SSSR count). The number of esters is 1. The molecule has 0 aliphatic heterocycles. The molecule has 0 bridgehead atoms. The lowest BCUT2D eigenvalue weighted by atomic mass is 10.1. The molecule has 1 fully saturated rings. The summed E-state index contributed by atoms with van der Waals surface area (Å²) < 4.78 is 10.4. The molecule has 0 saturated heterocycles. The van der Waals surface area contributed by atoms with Crippen LogP contribution in [0, 0.1) is 11.8 Å². The van der Waals surface area contributed by atoms with Crippen LogP contribution in [-0.4, -0.2) is 24.9 Å². The lowest BCUT2D eigenvalue weighted by molar-refractivity contribution is -0.135. The molecule has 168 valence electrons. The molecule has 6 nitrogen and oxygen atoms in total. The van der Waals surface area contributed by atoms with Gasteiger partial charge in [-0.1, -0.05) is 52.7 Å². The number of hydrogen-bond acceptors (Lipinski definition) is 4. The third kappa shape index (κ3) is 3.65. The Kier molecular flexibility index (Phi) is 5.39. The molecule has 0 unspecified atom stereocenters. The summed E-state index contributed by atoms with van der Waals surface area (Å²) in [6.45, 7) is 8.49. The van der Waals surface area contributed by atoms with Crippen molar-refractivity contribution in [1.29, 1.82) is 0 Å². The molecule has 0 radical (unpaired) electrons. The van der Waals surface area contributed by atoms with Gasteiger partial charge in [-0.15, -0.1) is 0 Å².